The van der Waals surface area contributed by atoms with E-state index >= 15 is 0 Å². The minimum absolute atomic E-state index is 0.0550. The maximum Gasteiger partial charge on any atom is 0.338 e. The smallest absolute Gasteiger partial charge is 0.338 e. The number of fused-ring (bicyclic) bond motifs is 2. The molecule has 1 amide bonds. The fraction of sp³-hybridized carbons (Fsp3) is 0.200. The molecule has 0 N–H and O–H groups in total. The second-order valence-corrected chi connectivity index (χ2v) is 9.70. The van der Waals surface area contributed by atoms with Gasteiger partial charge in [0.1, 0.15) is 17.2 Å². The van der Waals surface area contributed by atoms with Crippen molar-refractivity contribution in [2.45, 2.75) is 19.9 Å². The molecule has 0 fully saturated rings. The minimum Gasteiger partial charge on any atom is -0.458 e. The van der Waals surface area contributed by atoms with Gasteiger partial charge in [0.15, 0.2) is 4.80 Å². The largest absolute Gasteiger partial charge is 0.458 e. The first-order valence-electron chi connectivity index (χ1n) is 10.8. The molecule has 1 aromatic carbocycles. The van der Waals surface area contributed by atoms with Crippen LogP contribution >= 0.6 is 22.7 Å². The van der Waals surface area contributed by atoms with E-state index < -0.39 is 12.0 Å². The first kappa shape index (κ1) is 22.2. The van der Waals surface area contributed by atoms with E-state index in [1.54, 1.807) is 11.8 Å². The summed E-state index contributed by atoms with van der Waals surface area (Å²) in [5, 5.41) is 1.89. The molecule has 172 valence electrons. The van der Waals surface area contributed by atoms with Crippen LogP contribution in [0.4, 0.5) is 5.69 Å². The third-order valence-electron chi connectivity index (χ3n) is 5.83. The van der Waals surface area contributed by atoms with Crippen molar-refractivity contribution in [3.05, 3.63) is 95.8 Å². The van der Waals surface area contributed by atoms with Crippen molar-refractivity contribution in [2.75, 3.05) is 18.1 Å². The summed E-state index contributed by atoms with van der Waals surface area (Å²) in [4.78, 5) is 47.7. The van der Waals surface area contributed by atoms with Crippen molar-refractivity contribution in [3.63, 3.8) is 0 Å². The quantitative estimate of drug-likeness (QED) is 0.406. The molecule has 0 radical (unpaired) electrons. The number of anilines is 1. The number of carbonyl (C=O) groups excluding carboxylic acids is 2. The number of hydrogen-bond acceptors (Lipinski definition) is 7. The molecule has 3 aromatic rings. The zero-order valence-electron chi connectivity index (χ0n) is 18.6. The Bertz CT molecular complexity index is 1540. The van der Waals surface area contributed by atoms with E-state index in [9.17, 15) is 14.4 Å². The molecule has 7 nitrogen and oxygen atoms in total. The van der Waals surface area contributed by atoms with E-state index in [1.165, 1.54) is 33.3 Å². The number of benzene rings is 1. The Hall–Kier alpha value is -3.56. The molecule has 0 saturated carbocycles. The lowest BCUT2D eigenvalue weighted by molar-refractivity contribution is -0.138. The fourth-order valence-corrected chi connectivity index (χ4v) is 6.34. The normalized spacial score (nSPS) is 18.5. The summed E-state index contributed by atoms with van der Waals surface area (Å²) in [6.45, 7) is 7.78. The van der Waals surface area contributed by atoms with Gasteiger partial charge in [-0.2, -0.15) is 0 Å². The molecule has 2 aromatic heterocycles. The monoisotopic (exact) mass is 491 g/mol. The molecule has 2 aliphatic heterocycles. The molecule has 5 rings (SSSR count). The van der Waals surface area contributed by atoms with Gasteiger partial charge < -0.3 is 9.64 Å². The van der Waals surface area contributed by atoms with Crippen molar-refractivity contribution >= 4 is 45.8 Å². The standard InChI is InChI=1S/C25H21N3O4S2/c1-4-12-32-24(31)18-14(3)26-25-28(20(18)17-11-8-13-33-17)23(30)21(34-25)19-15-9-6-7-10-16(15)27(5-2)22(19)29/h4,6-11,13,20H,1,5,12H2,2-3H3/b21-19-/t20-/m0/s1. The molecule has 0 spiro atoms. The van der Waals surface area contributed by atoms with Crippen LogP contribution in [0.3, 0.4) is 0 Å². The van der Waals surface area contributed by atoms with Gasteiger partial charge in [-0.3, -0.25) is 14.2 Å². The zero-order chi connectivity index (χ0) is 24.0. The topological polar surface area (TPSA) is 81.0 Å². The maximum absolute atomic E-state index is 13.9. The van der Waals surface area contributed by atoms with Crippen molar-refractivity contribution in [2.24, 2.45) is 4.99 Å². The third-order valence-corrected chi connectivity index (χ3v) is 7.81. The number of nitrogens with zero attached hydrogens (tertiary/aromatic N) is 3. The van der Waals surface area contributed by atoms with Crippen molar-refractivity contribution < 1.29 is 14.3 Å². The number of amides is 1. The molecule has 0 aliphatic carbocycles. The summed E-state index contributed by atoms with van der Waals surface area (Å²) in [6.07, 6.45) is 1.49. The first-order chi connectivity index (χ1) is 16.5. The second-order valence-electron chi connectivity index (χ2n) is 7.75. The average molecular weight is 492 g/mol. The maximum atomic E-state index is 13.9. The zero-order valence-corrected chi connectivity index (χ0v) is 20.2. The number of carbonyl (C=O) groups is 2. The Balaban J connectivity index is 1.79. The van der Waals surface area contributed by atoms with E-state index in [1.807, 2.05) is 48.7 Å². The molecular formula is C25H21N3O4S2. The molecule has 4 heterocycles. The van der Waals surface area contributed by atoms with Crippen molar-refractivity contribution in [3.8, 4) is 0 Å². The number of para-hydroxylation sites is 1. The molecule has 0 bridgehead atoms. The summed E-state index contributed by atoms with van der Waals surface area (Å²) >= 11 is 2.62. The van der Waals surface area contributed by atoms with Crippen LogP contribution in [0.1, 0.15) is 30.3 Å². The van der Waals surface area contributed by atoms with E-state index in [4.69, 9.17) is 4.74 Å². The minimum atomic E-state index is -0.683. The van der Waals surface area contributed by atoms with Crippen LogP contribution in [-0.2, 0) is 14.3 Å². The summed E-state index contributed by atoms with van der Waals surface area (Å²) in [6, 6.07) is 10.5. The molecule has 2 aliphatic rings. The number of aromatic nitrogens is 1. The van der Waals surface area contributed by atoms with Crippen LogP contribution in [-0.4, -0.2) is 29.6 Å². The number of ether oxygens (including phenoxy) is 1. The molecule has 0 unspecified atom stereocenters. The molecular weight excluding hydrogens is 470 g/mol. The lowest BCUT2D eigenvalue weighted by Crippen LogP contribution is -2.40. The van der Waals surface area contributed by atoms with Crippen LogP contribution in [0.25, 0.3) is 5.57 Å². The lowest BCUT2D eigenvalue weighted by Gasteiger charge is -2.23. The van der Waals surface area contributed by atoms with Crippen LogP contribution in [0.5, 0.6) is 0 Å². The SMILES string of the molecule is C=CCOC(=O)C1=C(C)N=c2s/c(=C3\C(=O)N(CC)c4ccccc43)c(=O)n2[C@H]1c1cccs1. The van der Waals surface area contributed by atoms with Gasteiger partial charge in [-0.05, 0) is 31.4 Å². The summed E-state index contributed by atoms with van der Waals surface area (Å²) < 4.78 is 7.17. The van der Waals surface area contributed by atoms with E-state index in [0.717, 1.165) is 16.1 Å². The van der Waals surface area contributed by atoms with Crippen LogP contribution in [0.2, 0.25) is 0 Å². The Morgan fingerprint density at radius 2 is 2.03 bits per heavy atom. The van der Waals surface area contributed by atoms with E-state index in [0.29, 0.717) is 32.7 Å². The number of likely N-dealkylation sites (N-methyl/N-ethyl adjacent to an activating group) is 1. The molecule has 9 heteroatoms. The van der Waals surface area contributed by atoms with Crippen LogP contribution < -0.4 is 19.8 Å². The van der Waals surface area contributed by atoms with Gasteiger partial charge in [-0.1, -0.05) is 48.3 Å². The van der Waals surface area contributed by atoms with Gasteiger partial charge in [0, 0.05) is 17.0 Å². The Kier molecular flexibility index (Phi) is 5.66. The van der Waals surface area contributed by atoms with Crippen molar-refractivity contribution in [1.29, 1.82) is 0 Å². The Morgan fingerprint density at radius 3 is 2.74 bits per heavy atom. The number of esters is 1. The fourth-order valence-electron chi connectivity index (χ4n) is 4.37. The second kappa shape index (κ2) is 8.66. The number of hydrogen-bond donors (Lipinski definition) is 0. The Labute approximate surface area is 203 Å². The number of rotatable bonds is 5. The number of allylic oxidation sites excluding steroid dienone is 1. The summed E-state index contributed by atoms with van der Waals surface area (Å²) in [5.74, 6) is -0.750. The predicted molar refractivity (Wildman–Crippen MR) is 133 cm³/mol. The third kappa shape index (κ3) is 3.31. The number of thiophene rings is 1. The van der Waals surface area contributed by atoms with Gasteiger partial charge in [0.05, 0.1) is 22.5 Å². The number of thiazole rings is 1. The highest BCUT2D eigenvalue weighted by Crippen LogP contribution is 2.36. The molecule has 1 atom stereocenters. The van der Waals surface area contributed by atoms with Gasteiger partial charge >= 0.3 is 5.97 Å². The van der Waals surface area contributed by atoms with Gasteiger partial charge in [0.2, 0.25) is 0 Å². The highest BCUT2D eigenvalue weighted by atomic mass is 32.1. The van der Waals surface area contributed by atoms with Crippen LogP contribution in [0.15, 0.2) is 75.5 Å². The van der Waals surface area contributed by atoms with Gasteiger partial charge in [-0.25, -0.2) is 9.79 Å². The van der Waals surface area contributed by atoms with Crippen molar-refractivity contribution in [1.82, 2.24) is 4.57 Å². The summed E-state index contributed by atoms with van der Waals surface area (Å²) in [5.41, 5.74) is 2.34. The lowest BCUT2D eigenvalue weighted by atomic mass is 10.0. The molecule has 34 heavy (non-hydrogen) atoms. The van der Waals surface area contributed by atoms with Gasteiger partial charge in [-0.15, -0.1) is 11.3 Å². The van der Waals surface area contributed by atoms with Crippen LogP contribution in [0, 0.1) is 0 Å². The predicted octanol–water partition coefficient (Wildman–Crippen LogP) is 2.76. The van der Waals surface area contributed by atoms with E-state index in [-0.39, 0.29) is 18.1 Å². The summed E-state index contributed by atoms with van der Waals surface area (Å²) in [7, 11) is 0. The highest BCUT2D eigenvalue weighted by Gasteiger charge is 2.37. The Morgan fingerprint density at radius 1 is 1.24 bits per heavy atom. The van der Waals surface area contributed by atoms with E-state index in [2.05, 4.69) is 11.6 Å². The van der Waals surface area contributed by atoms with Gasteiger partial charge in [0.25, 0.3) is 11.5 Å². The average Bonchev–Trinajstić information content (AvgIpc) is 3.53. The highest BCUT2D eigenvalue weighted by molar-refractivity contribution is 7.10. The first-order valence-corrected chi connectivity index (χ1v) is 12.4. The molecule has 0 saturated heterocycles.